The lowest BCUT2D eigenvalue weighted by Crippen LogP contribution is -2.37. The lowest BCUT2D eigenvalue weighted by atomic mass is 10.2. The van der Waals surface area contributed by atoms with Crippen molar-refractivity contribution in [3.8, 4) is 5.69 Å². The Bertz CT molecular complexity index is 562. The molecule has 0 saturated heterocycles. The molecule has 1 heterocycles. The zero-order valence-corrected chi connectivity index (χ0v) is 11.1. The average molecular weight is 258 g/mol. The second kappa shape index (κ2) is 5.67. The highest BCUT2D eigenvalue weighted by Crippen LogP contribution is 2.13. The molecule has 0 aliphatic carbocycles. The van der Waals surface area contributed by atoms with E-state index in [0.717, 1.165) is 11.4 Å². The Kier molecular flexibility index (Phi) is 3.97. The fraction of sp³-hybridized carbons (Fsp3) is 0.286. The smallest absolute Gasteiger partial charge is 0.255 e. The zero-order chi connectivity index (χ0) is 13.8. The molecule has 1 aromatic carbocycles. The van der Waals surface area contributed by atoms with Crippen molar-refractivity contribution < 1.29 is 4.79 Å². The number of nitrogens with two attached hydrogens (primary N) is 1. The third kappa shape index (κ3) is 2.82. The van der Waals surface area contributed by atoms with Crippen LogP contribution >= 0.6 is 0 Å². The summed E-state index contributed by atoms with van der Waals surface area (Å²) >= 11 is 0. The molecule has 0 radical (unpaired) electrons. The van der Waals surface area contributed by atoms with Crippen LogP contribution in [-0.4, -0.2) is 28.3 Å². The number of amides is 1. The second-order valence-corrected chi connectivity index (χ2v) is 4.50. The first-order valence-electron chi connectivity index (χ1n) is 6.24. The number of carbonyl (C=O) groups excluding carboxylic acids is 1. The van der Waals surface area contributed by atoms with Gasteiger partial charge in [-0.3, -0.25) is 4.79 Å². The van der Waals surface area contributed by atoms with Crippen LogP contribution in [0.15, 0.2) is 36.5 Å². The monoisotopic (exact) mass is 258 g/mol. The highest BCUT2D eigenvalue weighted by molar-refractivity contribution is 5.95. The number of nitrogens with one attached hydrogen (secondary N) is 1. The number of hydrogen-bond acceptors (Lipinski definition) is 3. The summed E-state index contributed by atoms with van der Waals surface area (Å²) in [7, 11) is 0. The number of aromatic nitrogens is 2. The number of hydrogen-bond donors (Lipinski definition) is 2. The van der Waals surface area contributed by atoms with Gasteiger partial charge in [0.25, 0.3) is 5.91 Å². The second-order valence-electron chi connectivity index (χ2n) is 4.50. The fourth-order valence-electron chi connectivity index (χ4n) is 1.82. The minimum absolute atomic E-state index is 0.0491. The molecule has 1 amide bonds. The Morgan fingerprint density at radius 3 is 2.74 bits per heavy atom. The van der Waals surface area contributed by atoms with Crippen LogP contribution in [-0.2, 0) is 0 Å². The summed E-state index contributed by atoms with van der Waals surface area (Å²) in [5.41, 5.74) is 7.82. The predicted octanol–water partition coefficient (Wildman–Crippen LogP) is 1.26. The van der Waals surface area contributed by atoms with E-state index < -0.39 is 0 Å². The average Bonchev–Trinajstić information content (AvgIpc) is 2.81. The summed E-state index contributed by atoms with van der Waals surface area (Å²) in [6, 6.07) is 9.67. The molecule has 0 bridgehead atoms. The highest BCUT2D eigenvalue weighted by atomic mass is 16.1. The van der Waals surface area contributed by atoms with Gasteiger partial charge in [0.05, 0.1) is 23.1 Å². The number of para-hydroxylation sites is 1. The van der Waals surface area contributed by atoms with E-state index in [-0.39, 0.29) is 11.9 Å². The van der Waals surface area contributed by atoms with Crippen molar-refractivity contribution in [1.29, 1.82) is 0 Å². The van der Waals surface area contributed by atoms with E-state index in [0.29, 0.717) is 12.1 Å². The van der Waals surface area contributed by atoms with Crippen LogP contribution < -0.4 is 11.1 Å². The summed E-state index contributed by atoms with van der Waals surface area (Å²) in [4.78, 5) is 12.1. The number of carbonyl (C=O) groups is 1. The van der Waals surface area contributed by atoms with Gasteiger partial charge in [-0.05, 0) is 26.0 Å². The molecular formula is C14H18N4O. The minimum atomic E-state index is -0.141. The van der Waals surface area contributed by atoms with E-state index in [1.807, 2.05) is 44.2 Å². The lowest BCUT2D eigenvalue weighted by Gasteiger charge is -2.11. The first-order valence-corrected chi connectivity index (χ1v) is 6.24. The van der Waals surface area contributed by atoms with Crippen molar-refractivity contribution in [3.05, 3.63) is 47.8 Å². The molecule has 0 aliphatic heterocycles. The summed E-state index contributed by atoms with van der Waals surface area (Å²) in [6.45, 7) is 4.16. The van der Waals surface area contributed by atoms with Crippen molar-refractivity contribution >= 4 is 5.91 Å². The number of benzene rings is 1. The van der Waals surface area contributed by atoms with Crippen molar-refractivity contribution in [2.75, 3.05) is 6.54 Å². The van der Waals surface area contributed by atoms with Gasteiger partial charge in [0.2, 0.25) is 0 Å². The van der Waals surface area contributed by atoms with Crippen LogP contribution in [0.25, 0.3) is 5.69 Å². The molecule has 100 valence electrons. The molecule has 0 aliphatic rings. The van der Waals surface area contributed by atoms with E-state index in [9.17, 15) is 4.79 Å². The molecule has 19 heavy (non-hydrogen) atoms. The Hall–Kier alpha value is -2.14. The molecule has 0 unspecified atom stereocenters. The van der Waals surface area contributed by atoms with E-state index >= 15 is 0 Å². The first kappa shape index (κ1) is 13.3. The van der Waals surface area contributed by atoms with Crippen molar-refractivity contribution in [3.63, 3.8) is 0 Å². The third-order valence-electron chi connectivity index (χ3n) is 2.99. The van der Waals surface area contributed by atoms with Crippen LogP contribution in [0.5, 0.6) is 0 Å². The maximum atomic E-state index is 12.1. The highest BCUT2D eigenvalue weighted by Gasteiger charge is 2.16. The molecule has 3 N–H and O–H groups in total. The quantitative estimate of drug-likeness (QED) is 0.867. The van der Waals surface area contributed by atoms with Gasteiger partial charge in [0.1, 0.15) is 0 Å². The van der Waals surface area contributed by atoms with E-state index in [1.165, 1.54) is 0 Å². The molecule has 0 spiro atoms. The van der Waals surface area contributed by atoms with Gasteiger partial charge in [-0.2, -0.15) is 5.10 Å². The topological polar surface area (TPSA) is 72.9 Å². The number of nitrogens with zero attached hydrogens (tertiary/aromatic N) is 2. The maximum absolute atomic E-state index is 12.1. The molecule has 1 atom stereocenters. The Labute approximate surface area is 112 Å². The van der Waals surface area contributed by atoms with Gasteiger partial charge in [-0.1, -0.05) is 18.2 Å². The van der Waals surface area contributed by atoms with Gasteiger partial charge < -0.3 is 11.1 Å². The normalized spacial score (nSPS) is 12.2. The molecule has 2 aromatic rings. The van der Waals surface area contributed by atoms with E-state index in [1.54, 1.807) is 10.9 Å². The first-order chi connectivity index (χ1) is 9.13. The third-order valence-corrected chi connectivity index (χ3v) is 2.99. The fourth-order valence-corrected chi connectivity index (χ4v) is 1.82. The van der Waals surface area contributed by atoms with Gasteiger partial charge >= 0.3 is 0 Å². The van der Waals surface area contributed by atoms with Crippen LogP contribution in [0.1, 0.15) is 23.0 Å². The summed E-state index contributed by atoms with van der Waals surface area (Å²) in [6.07, 6.45) is 1.58. The SMILES string of the molecule is Cc1c(C(=O)N[C@@H](C)CN)cnn1-c1ccccc1. The summed E-state index contributed by atoms with van der Waals surface area (Å²) < 4.78 is 1.75. The molecular weight excluding hydrogens is 240 g/mol. The van der Waals surface area contributed by atoms with Crippen molar-refractivity contribution in [2.45, 2.75) is 19.9 Å². The molecule has 2 rings (SSSR count). The largest absolute Gasteiger partial charge is 0.348 e. The molecule has 0 fully saturated rings. The Balaban J connectivity index is 2.26. The molecule has 5 heteroatoms. The van der Waals surface area contributed by atoms with Crippen molar-refractivity contribution in [2.24, 2.45) is 5.73 Å². The van der Waals surface area contributed by atoms with Gasteiger partial charge in [-0.15, -0.1) is 0 Å². The Morgan fingerprint density at radius 2 is 2.11 bits per heavy atom. The lowest BCUT2D eigenvalue weighted by molar-refractivity contribution is 0.0940. The molecule has 0 saturated carbocycles. The van der Waals surface area contributed by atoms with Crippen LogP contribution in [0, 0.1) is 6.92 Å². The minimum Gasteiger partial charge on any atom is -0.348 e. The van der Waals surface area contributed by atoms with Crippen LogP contribution in [0.3, 0.4) is 0 Å². The van der Waals surface area contributed by atoms with Crippen LogP contribution in [0.4, 0.5) is 0 Å². The van der Waals surface area contributed by atoms with Gasteiger partial charge in [-0.25, -0.2) is 4.68 Å². The standard InChI is InChI=1S/C14H18N4O/c1-10(8-15)17-14(19)13-9-16-18(11(13)2)12-6-4-3-5-7-12/h3-7,9-10H,8,15H2,1-2H3,(H,17,19)/t10-/m0/s1. The molecule has 5 nitrogen and oxygen atoms in total. The number of rotatable bonds is 4. The van der Waals surface area contributed by atoms with E-state index in [4.69, 9.17) is 5.73 Å². The summed E-state index contributed by atoms with van der Waals surface area (Å²) in [5, 5.41) is 7.10. The van der Waals surface area contributed by atoms with E-state index in [2.05, 4.69) is 10.4 Å². The van der Waals surface area contributed by atoms with Crippen LogP contribution in [0.2, 0.25) is 0 Å². The maximum Gasteiger partial charge on any atom is 0.255 e. The zero-order valence-electron chi connectivity index (χ0n) is 11.1. The van der Waals surface area contributed by atoms with Gasteiger partial charge in [0, 0.05) is 12.6 Å². The predicted molar refractivity (Wildman–Crippen MR) is 74.3 cm³/mol. The summed E-state index contributed by atoms with van der Waals surface area (Å²) in [5.74, 6) is -0.141. The van der Waals surface area contributed by atoms with Gasteiger partial charge in [0.15, 0.2) is 0 Å². The Morgan fingerprint density at radius 1 is 1.42 bits per heavy atom. The molecule has 1 aromatic heterocycles. The van der Waals surface area contributed by atoms with Crippen molar-refractivity contribution in [1.82, 2.24) is 15.1 Å².